The molecular weight excluding hydrogens is 508 g/mol. The second kappa shape index (κ2) is 11.8. The number of benzene rings is 2. The van der Waals surface area contributed by atoms with Gasteiger partial charge in [0.2, 0.25) is 0 Å². The number of rotatable bonds is 7. The van der Waals surface area contributed by atoms with Gasteiger partial charge in [-0.25, -0.2) is 0 Å². The number of anilines is 1. The minimum Gasteiger partial charge on any atom is -0.371 e. The Morgan fingerprint density at radius 2 is 1.72 bits per heavy atom. The molecule has 2 heterocycles. The summed E-state index contributed by atoms with van der Waals surface area (Å²) in [4.78, 5) is 37.7. The molecule has 7 heteroatoms. The highest BCUT2D eigenvalue weighted by Crippen LogP contribution is 2.38. The van der Waals surface area contributed by atoms with Crippen molar-refractivity contribution in [1.29, 1.82) is 0 Å². The quantitative estimate of drug-likeness (QED) is 0.352. The molecule has 204 valence electrons. The molecule has 0 saturated carbocycles. The molecular formula is C32H37ClN4O2. The molecule has 1 aromatic heterocycles. The van der Waals surface area contributed by atoms with E-state index < -0.39 is 0 Å². The van der Waals surface area contributed by atoms with Crippen LogP contribution in [0.3, 0.4) is 0 Å². The Morgan fingerprint density at radius 3 is 2.41 bits per heavy atom. The van der Waals surface area contributed by atoms with Crippen molar-refractivity contribution in [2.75, 3.05) is 31.6 Å². The number of fused-ring (bicyclic) bond motifs is 1. The molecule has 2 amide bonds. The molecule has 5 rings (SSSR count). The molecule has 0 bridgehead atoms. The Labute approximate surface area is 236 Å². The zero-order chi connectivity index (χ0) is 27.5. The summed E-state index contributed by atoms with van der Waals surface area (Å²) in [6.07, 6.45) is 7.23. The molecule has 0 N–H and O–H groups in total. The number of carbonyl (C=O) groups is 2. The fourth-order valence-corrected chi connectivity index (χ4v) is 6.22. The van der Waals surface area contributed by atoms with E-state index >= 15 is 0 Å². The Hall–Kier alpha value is -3.38. The molecule has 2 aromatic carbocycles. The highest BCUT2D eigenvalue weighted by molar-refractivity contribution is 6.33. The third kappa shape index (κ3) is 5.81. The van der Waals surface area contributed by atoms with Crippen LogP contribution in [0.1, 0.15) is 71.0 Å². The molecule has 1 aliphatic heterocycles. The summed E-state index contributed by atoms with van der Waals surface area (Å²) in [6.45, 7) is 6.69. The van der Waals surface area contributed by atoms with Crippen molar-refractivity contribution in [1.82, 2.24) is 14.8 Å². The summed E-state index contributed by atoms with van der Waals surface area (Å²) in [5, 5.41) is 0.468. The molecule has 2 aliphatic rings. The summed E-state index contributed by atoms with van der Waals surface area (Å²) >= 11 is 6.42. The lowest BCUT2D eigenvalue weighted by Gasteiger charge is -2.38. The van der Waals surface area contributed by atoms with Crippen LogP contribution >= 0.6 is 11.6 Å². The average Bonchev–Trinajstić information content (AvgIpc) is 3.38. The lowest BCUT2D eigenvalue weighted by atomic mass is 9.99. The van der Waals surface area contributed by atoms with Crippen LogP contribution in [-0.2, 0) is 6.42 Å². The van der Waals surface area contributed by atoms with Crippen LogP contribution in [0.25, 0.3) is 0 Å². The van der Waals surface area contributed by atoms with Crippen LogP contribution in [-0.4, -0.2) is 59.3 Å². The van der Waals surface area contributed by atoms with Gasteiger partial charge in [-0.3, -0.25) is 14.6 Å². The predicted molar refractivity (Wildman–Crippen MR) is 156 cm³/mol. The Bertz CT molecular complexity index is 1320. The monoisotopic (exact) mass is 544 g/mol. The van der Waals surface area contributed by atoms with Gasteiger partial charge < -0.3 is 14.7 Å². The maximum absolute atomic E-state index is 13.7. The van der Waals surface area contributed by atoms with E-state index in [2.05, 4.69) is 29.8 Å². The van der Waals surface area contributed by atoms with Gasteiger partial charge in [0.15, 0.2) is 0 Å². The molecule has 3 aromatic rings. The van der Waals surface area contributed by atoms with Crippen molar-refractivity contribution < 1.29 is 9.59 Å². The molecule has 6 nitrogen and oxygen atoms in total. The number of pyridine rings is 1. The van der Waals surface area contributed by atoms with Crippen molar-refractivity contribution in [3.05, 3.63) is 94.3 Å². The van der Waals surface area contributed by atoms with Crippen molar-refractivity contribution in [2.24, 2.45) is 5.92 Å². The first-order chi connectivity index (χ1) is 18.8. The summed E-state index contributed by atoms with van der Waals surface area (Å²) in [6, 6.07) is 17.5. The van der Waals surface area contributed by atoms with Crippen LogP contribution in [0.4, 0.5) is 5.69 Å². The summed E-state index contributed by atoms with van der Waals surface area (Å²) < 4.78 is 0. The smallest absolute Gasteiger partial charge is 0.255 e. The van der Waals surface area contributed by atoms with Gasteiger partial charge in [0.05, 0.1) is 16.6 Å². The molecule has 1 aliphatic carbocycles. The van der Waals surface area contributed by atoms with Gasteiger partial charge in [0.1, 0.15) is 0 Å². The zero-order valence-corrected chi connectivity index (χ0v) is 23.8. The maximum atomic E-state index is 13.7. The standard InChI is InChI=1S/C32H37ClN4O2/c1-22(2)21-37(32(39)27-6-4-5-7-29(27)33)30-11-10-23-8-9-24(20-28(23)30)31(38)35(3)25-14-18-36(19-15-25)26-12-16-34-17-13-26/h4-9,12-13,16-17,20,22,25,30H,10-11,14-15,18-19,21H2,1-3H3/t30-/m1/s1. The van der Waals surface area contributed by atoms with Crippen molar-refractivity contribution in [3.63, 3.8) is 0 Å². The van der Waals surface area contributed by atoms with Gasteiger partial charge in [-0.05, 0) is 79.1 Å². The van der Waals surface area contributed by atoms with Crippen molar-refractivity contribution >= 4 is 29.1 Å². The van der Waals surface area contributed by atoms with E-state index in [1.165, 1.54) is 11.3 Å². The molecule has 0 spiro atoms. The van der Waals surface area contributed by atoms with Gasteiger partial charge >= 0.3 is 0 Å². The molecule has 1 saturated heterocycles. The fourth-order valence-electron chi connectivity index (χ4n) is 6.01. The summed E-state index contributed by atoms with van der Waals surface area (Å²) in [5.41, 5.74) is 4.69. The molecule has 0 unspecified atom stereocenters. The molecule has 0 radical (unpaired) electrons. The van der Waals surface area contributed by atoms with E-state index in [9.17, 15) is 9.59 Å². The number of piperidine rings is 1. The van der Waals surface area contributed by atoms with Crippen LogP contribution in [0.5, 0.6) is 0 Å². The average molecular weight is 545 g/mol. The predicted octanol–water partition coefficient (Wildman–Crippen LogP) is 6.26. The number of hydrogen-bond donors (Lipinski definition) is 0. The molecule has 1 fully saturated rings. The number of aryl methyl sites for hydroxylation is 1. The number of aromatic nitrogens is 1. The first-order valence-corrected chi connectivity index (χ1v) is 14.3. The van der Waals surface area contributed by atoms with E-state index in [1.54, 1.807) is 12.1 Å². The highest BCUT2D eigenvalue weighted by Gasteiger charge is 2.34. The highest BCUT2D eigenvalue weighted by atomic mass is 35.5. The zero-order valence-electron chi connectivity index (χ0n) is 23.0. The van der Waals surface area contributed by atoms with E-state index in [4.69, 9.17) is 11.6 Å². The molecule has 39 heavy (non-hydrogen) atoms. The number of amides is 2. The largest absolute Gasteiger partial charge is 0.371 e. The minimum atomic E-state index is -0.0761. The van der Waals surface area contributed by atoms with E-state index in [-0.39, 0.29) is 23.9 Å². The summed E-state index contributed by atoms with van der Waals surface area (Å²) in [5.74, 6) is 0.287. The lowest BCUT2D eigenvalue weighted by molar-refractivity contribution is 0.0649. The van der Waals surface area contributed by atoms with E-state index in [0.717, 1.165) is 44.3 Å². The van der Waals surface area contributed by atoms with Crippen molar-refractivity contribution in [3.8, 4) is 0 Å². The summed E-state index contributed by atoms with van der Waals surface area (Å²) in [7, 11) is 1.92. The lowest BCUT2D eigenvalue weighted by Crippen LogP contribution is -2.45. The second-order valence-corrected chi connectivity index (χ2v) is 11.5. The van der Waals surface area contributed by atoms with E-state index in [0.29, 0.717) is 28.6 Å². The second-order valence-electron chi connectivity index (χ2n) is 11.1. The minimum absolute atomic E-state index is 0.0404. The Balaban J connectivity index is 1.33. The molecule has 1 atom stereocenters. The van der Waals surface area contributed by atoms with Gasteiger partial charge in [-0.2, -0.15) is 0 Å². The van der Waals surface area contributed by atoms with Crippen molar-refractivity contribution in [2.45, 2.75) is 51.6 Å². The van der Waals surface area contributed by atoms with Gasteiger partial charge in [0, 0.05) is 56.4 Å². The third-order valence-corrected chi connectivity index (χ3v) is 8.43. The van der Waals surface area contributed by atoms with Gasteiger partial charge in [0.25, 0.3) is 11.8 Å². The van der Waals surface area contributed by atoms with Gasteiger partial charge in [-0.15, -0.1) is 0 Å². The topological polar surface area (TPSA) is 56.8 Å². The number of nitrogens with zero attached hydrogens (tertiary/aromatic N) is 4. The van der Waals surface area contributed by atoms with Gasteiger partial charge in [-0.1, -0.05) is 43.6 Å². The van der Waals surface area contributed by atoms with Crippen LogP contribution < -0.4 is 4.90 Å². The third-order valence-electron chi connectivity index (χ3n) is 8.10. The Morgan fingerprint density at radius 1 is 1.00 bits per heavy atom. The first kappa shape index (κ1) is 27.2. The SMILES string of the molecule is CC(C)CN(C(=O)c1ccccc1Cl)[C@@H]1CCc2ccc(C(=O)N(C)C3CCN(c4ccncc4)CC3)cc21. The van der Waals surface area contributed by atoms with Crippen LogP contribution in [0, 0.1) is 5.92 Å². The Kier molecular flexibility index (Phi) is 8.22. The maximum Gasteiger partial charge on any atom is 0.255 e. The number of hydrogen-bond acceptors (Lipinski definition) is 4. The number of halogens is 1. The number of carbonyl (C=O) groups excluding carboxylic acids is 2. The fraction of sp³-hybridized carbons (Fsp3) is 0.406. The van der Waals surface area contributed by atoms with Crippen LogP contribution in [0.2, 0.25) is 5.02 Å². The van der Waals surface area contributed by atoms with Crippen LogP contribution in [0.15, 0.2) is 67.0 Å². The first-order valence-electron chi connectivity index (χ1n) is 13.9. The normalized spacial score (nSPS) is 17.3. The van der Waals surface area contributed by atoms with E-state index in [1.807, 2.05) is 65.6 Å².